The predicted molar refractivity (Wildman–Crippen MR) is 56.8 cm³/mol. The van der Waals surface area contributed by atoms with Gasteiger partial charge in [0.05, 0.1) is 11.0 Å². The van der Waals surface area contributed by atoms with Gasteiger partial charge in [0.15, 0.2) is 0 Å². The normalized spacial score (nSPS) is 10.6. The van der Waals surface area contributed by atoms with E-state index < -0.39 is 0 Å². The van der Waals surface area contributed by atoms with Crippen molar-refractivity contribution >= 4 is 17.0 Å². The molecule has 4 heteroatoms. The van der Waals surface area contributed by atoms with E-state index >= 15 is 0 Å². The number of nitrogens with zero attached hydrogens (tertiary/aromatic N) is 2. The first-order valence-corrected chi connectivity index (χ1v) is 4.69. The standard InChI is InChI=1S/C11H12N2O2/c1-7-12-10-6-9(15-8(2)14)4-5-11(10)13(7)3/h4-6H,1-3H3. The van der Waals surface area contributed by atoms with Crippen molar-refractivity contribution in [2.45, 2.75) is 13.8 Å². The van der Waals surface area contributed by atoms with E-state index in [-0.39, 0.29) is 5.97 Å². The van der Waals surface area contributed by atoms with Crippen LogP contribution in [0.4, 0.5) is 0 Å². The molecule has 1 aromatic heterocycles. The molecule has 0 amide bonds. The van der Waals surface area contributed by atoms with Crippen molar-refractivity contribution in [3.8, 4) is 5.75 Å². The van der Waals surface area contributed by atoms with Crippen LogP contribution in [-0.2, 0) is 11.8 Å². The van der Waals surface area contributed by atoms with Gasteiger partial charge in [-0.25, -0.2) is 4.98 Å². The molecule has 78 valence electrons. The third-order valence-corrected chi connectivity index (χ3v) is 2.34. The van der Waals surface area contributed by atoms with Crippen molar-refractivity contribution in [2.75, 3.05) is 0 Å². The first-order valence-electron chi connectivity index (χ1n) is 4.69. The summed E-state index contributed by atoms with van der Waals surface area (Å²) in [4.78, 5) is 15.1. The number of carbonyl (C=O) groups is 1. The number of benzene rings is 1. The van der Waals surface area contributed by atoms with E-state index in [1.165, 1.54) is 6.92 Å². The summed E-state index contributed by atoms with van der Waals surface area (Å²) in [5, 5.41) is 0. The predicted octanol–water partition coefficient (Wildman–Crippen LogP) is 1.81. The van der Waals surface area contributed by atoms with Crippen LogP contribution in [0.2, 0.25) is 0 Å². The molecular formula is C11H12N2O2. The topological polar surface area (TPSA) is 44.1 Å². The molecule has 1 heterocycles. The summed E-state index contributed by atoms with van der Waals surface area (Å²) in [5.74, 6) is 1.15. The van der Waals surface area contributed by atoms with E-state index in [9.17, 15) is 4.79 Å². The van der Waals surface area contributed by atoms with Crippen molar-refractivity contribution in [1.29, 1.82) is 0 Å². The van der Waals surface area contributed by atoms with Gasteiger partial charge >= 0.3 is 5.97 Å². The van der Waals surface area contributed by atoms with Gasteiger partial charge in [-0.05, 0) is 19.1 Å². The summed E-state index contributed by atoms with van der Waals surface area (Å²) in [7, 11) is 1.95. The molecule has 2 rings (SSSR count). The number of esters is 1. The maximum atomic E-state index is 10.8. The van der Waals surface area contributed by atoms with Crippen LogP contribution in [0.1, 0.15) is 12.7 Å². The van der Waals surface area contributed by atoms with Crippen LogP contribution in [-0.4, -0.2) is 15.5 Å². The Morgan fingerprint density at radius 2 is 2.20 bits per heavy atom. The summed E-state index contributed by atoms with van der Waals surface area (Å²) in [5.41, 5.74) is 1.87. The number of ether oxygens (including phenoxy) is 1. The molecular weight excluding hydrogens is 192 g/mol. The van der Waals surface area contributed by atoms with Gasteiger partial charge in [0.25, 0.3) is 0 Å². The quantitative estimate of drug-likeness (QED) is 0.525. The second-order valence-corrected chi connectivity index (χ2v) is 3.46. The van der Waals surface area contributed by atoms with Gasteiger partial charge in [-0.2, -0.15) is 0 Å². The lowest BCUT2D eigenvalue weighted by atomic mass is 10.3. The third-order valence-electron chi connectivity index (χ3n) is 2.34. The Hall–Kier alpha value is -1.84. The van der Waals surface area contributed by atoms with Gasteiger partial charge in [-0.1, -0.05) is 0 Å². The van der Waals surface area contributed by atoms with Gasteiger partial charge in [0.2, 0.25) is 0 Å². The first kappa shape index (κ1) is 9.71. The fraction of sp³-hybridized carbons (Fsp3) is 0.273. The number of hydrogen-bond donors (Lipinski definition) is 0. The molecule has 0 spiro atoms. The van der Waals surface area contributed by atoms with Crippen molar-refractivity contribution in [1.82, 2.24) is 9.55 Å². The fourth-order valence-corrected chi connectivity index (χ4v) is 1.53. The van der Waals surface area contributed by atoms with Crippen LogP contribution < -0.4 is 4.74 Å². The van der Waals surface area contributed by atoms with Crippen molar-refractivity contribution in [2.24, 2.45) is 7.05 Å². The smallest absolute Gasteiger partial charge is 0.308 e. The van der Waals surface area contributed by atoms with Gasteiger partial charge in [-0.3, -0.25) is 4.79 Å². The SMILES string of the molecule is CC(=O)Oc1ccc2c(c1)nc(C)n2C. The van der Waals surface area contributed by atoms with Crippen LogP contribution in [0, 0.1) is 6.92 Å². The van der Waals surface area contributed by atoms with Gasteiger partial charge in [0.1, 0.15) is 11.6 Å². The van der Waals surface area contributed by atoms with E-state index in [4.69, 9.17) is 4.74 Å². The number of rotatable bonds is 1. The average Bonchev–Trinajstić information content (AvgIpc) is 2.41. The zero-order chi connectivity index (χ0) is 11.0. The second kappa shape index (κ2) is 3.38. The molecule has 0 fully saturated rings. The lowest BCUT2D eigenvalue weighted by Crippen LogP contribution is -2.00. The van der Waals surface area contributed by atoms with Gasteiger partial charge in [0, 0.05) is 20.0 Å². The van der Waals surface area contributed by atoms with Gasteiger partial charge in [-0.15, -0.1) is 0 Å². The third kappa shape index (κ3) is 1.70. The maximum absolute atomic E-state index is 10.8. The van der Waals surface area contributed by atoms with E-state index in [0.29, 0.717) is 5.75 Å². The fourth-order valence-electron chi connectivity index (χ4n) is 1.53. The monoisotopic (exact) mass is 204 g/mol. The second-order valence-electron chi connectivity index (χ2n) is 3.46. The van der Waals surface area contributed by atoms with Crippen molar-refractivity contribution < 1.29 is 9.53 Å². The summed E-state index contributed by atoms with van der Waals surface area (Å²) in [6.07, 6.45) is 0. The Kier molecular flexibility index (Phi) is 2.19. The Morgan fingerprint density at radius 1 is 1.47 bits per heavy atom. The number of aromatic nitrogens is 2. The largest absolute Gasteiger partial charge is 0.427 e. The van der Waals surface area contributed by atoms with E-state index in [1.807, 2.05) is 24.6 Å². The maximum Gasteiger partial charge on any atom is 0.308 e. The highest BCUT2D eigenvalue weighted by atomic mass is 16.5. The molecule has 0 aliphatic heterocycles. The van der Waals surface area contributed by atoms with Crippen LogP contribution in [0.5, 0.6) is 5.75 Å². The van der Waals surface area contributed by atoms with E-state index in [0.717, 1.165) is 16.9 Å². The van der Waals surface area contributed by atoms with Crippen molar-refractivity contribution in [3.05, 3.63) is 24.0 Å². The van der Waals surface area contributed by atoms with E-state index in [1.54, 1.807) is 12.1 Å². The highest BCUT2D eigenvalue weighted by Gasteiger charge is 2.06. The van der Waals surface area contributed by atoms with Crippen LogP contribution in [0.3, 0.4) is 0 Å². The summed E-state index contributed by atoms with van der Waals surface area (Å²) < 4.78 is 6.98. The molecule has 15 heavy (non-hydrogen) atoms. The summed E-state index contributed by atoms with van der Waals surface area (Å²) in [6.45, 7) is 3.32. The number of hydrogen-bond acceptors (Lipinski definition) is 3. The molecule has 0 saturated carbocycles. The Bertz CT molecular complexity index is 529. The molecule has 0 unspecified atom stereocenters. The van der Waals surface area contributed by atoms with Crippen LogP contribution in [0.15, 0.2) is 18.2 Å². The molecule has 0 radical (unpaired) electrons. The van der Waals surface area contributed by atoms with Crippen LogP contribution in [0.25, 0.3) is 11.0 Å². The number of carbonyl (C=O) groups excluding carboxylic acids is 1. The minimum Gasteiger partial charge on any atom is -0.427 e. The first-order chi connectivity index (χ1) is 7.08. The summed E-state index contributed by atoms with van der Waals surface area (Å²) >= 11 is 0. The Balaban J connectivity index is 2.52. The number of imidazole rings is 1. The van der Waals surface area contributed by atoms with E-state index in [2.05, 4.69) is 4.98 Å². The zero-order valence-electron chi connectivity index (χ0n) is 8.94. The highest BCUT2D eigenvalue weighted by molar-refractivity contribution is 5.79. The zero-order valence-corrected chi connectivity index (χ0v) is 8.94. The average molecular weight is 204 g/mol. The minimum absolute atomic E-state index is 0.318. The number of aryl methyl sites for hydroxylation is 2. The molecule has 0 N–H and O–H groups in total. The molecule has 0 atom stereocenters. The lowest BCUT2D eigenvalue weighted by molar-refractivity contribution is -0.131. The molecule has 1 aromatic carbocycles. The number of fused-ring (bicyclic) bond motifs is 1. The van der Waals surface area contributed by atoms with Gasteiger partial charge < -0.3 is 9.30 Å². The molecule has 2 aromatic rings. The lowest BCUT2D eigenvalue weighted by Gasteiger charge is -2.00. The Morgan fingerprint density at radius 3 is 2.87 bits per heavy atom. The molecule has 0 aliphatic rings. The molecule has 0 saturated heterocycles. The highest BCUT2D eigenvalue weighted by Crippen LogP contribution is 2.20. The summed E-state index contributed by atoms with van der Waals surface area (Å²) in [6, 6.07) is 5.43. The minimum atomic E-state index is -0.318. The van der Waals surface area contributed by atoms with Crippen molar-refractivity contribution in [3.63, 3.8) is 0 Å². The molecule has 4 nitrogen and oxygen atoms in total. The van der Waals surface area contributed by atoms with Crippen LogP contribution >= 0.6 is 0 Å². The molecule has 0 aliphatic carbocycles. The Labute approximate surface area is 87.5 Å². The molecule has 0 bridgehead atoms.